The number of hydrogen-bond donors (Lipinski definition) is 3. The van der Waals surface area contributed by atoms with Gasteiger partial charge in [0.05, 0.1) is 23.8 Å². The molecule has 3 rings (SSSR count). The fourth-order valence-electron chi connectivity index (χ4n) is 3.03. The van der Waals surface area contributed by atoms with Gasteiger partial charge < -0.3 is 10.1 Å². The molecule has 0 atom stereocenters. The van der Waals surface area contributed by atoms with Crippen LogP contribution in [0.2, 0.25) is 0 Å². The van der Waals surface area contributed by atoms with Crippen molar-refractivity contribution in [3.8, 4) is 0 Å². The van der Waals surface area contributed by atoms with Crippen molar-refractivity contribution in [1.82, 2.24) is 24.5 Å². The van der Waals surface area contributed by atoms with Crippen LogP contribution in [0, 0.1) is 20.8 Å². The van der Waals surface area contributed by atoms with Crippen LogP contribution < -0.4 is 16.2 Å². The van der Waals surface area contributed by atoms with E-state index in [9.17, 15) is 14.4 Å². The molecule has 0 radical (unpaired) electrons. The second kappa shape index (κ2) is 7.43. The molecule has 3 N–H and O–H groups in total. The number of carbonyl (C=O) groups is 2. The molecule has 11 heteroatoms. The first-order chi connectivity index (χ1) is 13.2. The Kier molecular flexibility index (Phi) is 5.18. The highest BCUT2D eigenvalue weighted by molar-refractivity contribution is 7.11. The van der Waals surface area contributed by atoms with Crippen molar-refractivity contribution in [2.75, 3.05) is 12.4 Å². The van der Waals surface area contributed by atoms with Crippen molar-refractivity contribution in [2.45, 2.75) is 27.3 Å². The summed E-state index contributed by atoms with van der Waals surface area (Å²) in [5, 5.41) is 8.81. The number of nitrogens with one attached hydrogen (secondary N) is 3. The minimum Gasteiger partial charge on any atom is -0.453 e. The number of amides is 2. The first-order valence-electron chi connectivity index (χ1n) is 8.38. The van der Waals surface area contributed by atoms with E-state index in [0.717, 1.165) is 22.7 Å². The lowest BCUT2D eigenvalue weighted by Crippen LogP contribution is -2.26. The molecule has 10 nitrogen and oxygen atoms in total. The van der Waals surface area contributed by atoms with Gasteiger partial charge in [-0.1, -0.05) is 0 Å². The molecule has 0 unspecified atom stereocenters. The molecule has 28 heavy (non-hydrogen) atoms. The average Bonchev–Trinajstić information content (AvgIpc) is 3.13. The lowest BCUT2D eigenvalue weighted by molar-refractivity contribution is 0.0951. The number of H-pyrrole nitrogens is 1. The van der Waals surface area contributed by atoms with Crippen LogP contribution in [0.1, 0.15) is 32.9 Å². The first-order valence-corrected chi connectivity index (χ1v) is 9.16. The Balaban J connectivity index is 1.88. The summed E-state index contributed by atoms with van der Waals surface area (Å²) < 4.78 is 10.3. The normalized spacial score (nSPS) is 10.9. The van der Waals surface area contributed by atoms with Crippen LogP contribution >= 0.6 is 11.5 Å². The molecule has 2 amide bonds. The third-order valence-electron chi connectivity index (χ3n) is 4.49. The molecule has 3 heterocycles. The molecule has 0 spiro atoms. The monoisotopic (exact) mass is 404 g/mol. The van der Waals surface area contributed by atoms with E-state index < -0.39 is 12.0 Å². The van der Waals surface area contributed by atoms with Gasteiger partial charge in [0, 0.05) is 19.3 Å². The van der Waals surface area contributed by atoms with E-state index in [4.69, 9.17) is 0 Å². The van der Waals surface area contributed by atoms with Gasteiger partial charge in [-0.3, -0.25) is 24.7 Å². The van der Waals surface area contributed by atoms with Gasteiger partial charge in [0.2, 0.25) is 0 Å². The predicted octanol–water partition coefficient (Wildman–Crippen LogP) is 1.75. The highest BCUT2D eigenvalue weighted by Crippen LogP contribution is 2.25. The number of aromatic amines is 1. The topological polar surface area (TPSA) is 131 Å². The van der Waals surface area contributed by atoms with Crippen LogP contribution in [0.5, 0.6) is 0 Å². The third-order valence-corrected chi connectivity index (χ3v) is 5.35. The number of carbonyl (C=O) groups excluding carboxylic acids is 2. The lowest BCUT2D eigenvalue weighted by Gasteiger charge is -2.12. The van der Waals surface area contributed by atoms with Crippen LogP contribution in [0.3, 0.4) is 0 Å². The van der Waals surface area contributed by atoms with Gasteiger partial charge >= 0.3 is 6.09 Å². The van der Waals surface area contributed by atoms with Gasteiger partial charge in [-0.2, -0.15) is 4.37 Å². The van der Waals surface area contributed by atoms with Crippen LogP contribution in [-0.2, 0) is 18.3 Å². The van der Waals surface area contributed by atoms with Gasteiger partial charge in [-0.15, -0.1) is 0 Å². The number of anilines is 1. The Hall–Kier alpha value is -3.21. The van der Waals surface area contributed by atoms with E-state index in [1.54, 1.807) is 18.7 Å². The van der Waals surface area contributed by atoms with Gasteiger partial charge in [0.1, 0.15) is 5.00 Å². The van der Waals surface area contributed by atoms with E-state index in [2.05, 4.69) is 29.8 Å². The standard InChI is InChI=1S/C17H20N6O4S/c1-7-10(8(2)19-13-11(7)15(25)21-23(13)4)6-18-14(24)12-9(3)22-28-16(12)20-17(26)27-5/h6H2,1-5H3,(H,18,24)(H,20,26)(H,21,25). The average molecular weight is 404 g/mol. The predicted molar refractivity (Wildman–Crippen MR) is 105 cm³/mol. The smallest absolute Gasteiger partial charge is 0.412 e. The van der Waals surface area contributed by atoms with Crippen LogP contribution in [0.25, 0.3) is 11.0 Å². The van der Waals surface area contributed by atoms with Crippen molar-refractivity contribution < 1.29 is 14.3 Å². The van der Waals surface area contributed by atoms with Gasteiger partial charge in [0.15, 0.2) is 5.65 Å². The number of aryl methyl sites for hydroxylation is 4. The van der Waals surface area contributed by atoms with E-state index >= 15 is 0 Å². The van der Waals surface area contributed by atoms with Crippen molar-refractivity contribution in [3.63, 3.8) is 0 Å². The summed E-state index contributed by atoms with van der Waals surface area (Å²) in [7, 11) is 2.96. The highest BCUT2D eigenvalue weighted by atomic mass is 32.1. The van der Waals surface area contributed by atoms with E-state index in [0.29, 0.717) is 27.4 Å². The fourth-order valence-corrected chi connectivity index (χ4v) is 3.81. The van der Waals surface area contributed by atoms with Crippen LogP contribution in [-0.4, -0.2) is 38.2 Å². The molecule has 0 aliphatic rings. The Morgan fingerprint density at radius 2 is 1.96 bits per heavy atom. The van der Waals surface area contributed by atoms with Gasteiger partial charge in [-0.05, 0) is 43.4 Å². The number of ether oxygens (including phenoxy) is 1. The van der Waals surface area contributed by atoms with Crippen molar-refractivity contribution in [1.29, 1.82) is 0 Å². The third kappa shape index (κ3) is 3.36. The van der Waals surface area contributed by atoms with E-state index in [1.807, 2.05) is 13.8 Å². The number of aromatic nitrogens is 4. The maximum atomic E-state index is 12.7. The summed E-state index contributed by atoms with van der Waals surface area (Å²) in [6, 6.07) is 0. The SMILES string of the molecule is COC(=O)Nc1snc(C)c1C(=O)NCc1c(C)nc2c(c1C)c(=O)[nH]n2C. The Labute approximate surface area is 164 Å². The van der Waals surface area contributed by atoms with Gasteiger partial charge in [-0.25, -0.2) is 9.78 Å². The zero-order valence-electron chi connectivity index (χ0n) is 16.1. The van der Waals surface area contributed by atoms with Crippen molar-refractivity contribution >= 4 is 39.6 Å². The zero-order chi connectivity index (χ0) is 20.6. The number of hydrogen-bond acceptors (Lipinski definition) is 7. The Morgan fingerprint density at radius 3 is 2.64 bits per heavy atom. The maximum absolute atomic E-state index is 12.7. The molecule has 3 aromatic rings. The molecular weight excluding hydrogens is 384 g/mol. The summed E-state index contributed by atoms with van der Waals surface area (Å²) in [6.07, 6.45) is -0.678. The summed E-state index contributed by atoms with van der Waals surface area (Å²) in [5.74, 6) is -0.390. The summed E-state index contributed by atoms with van der Waals surface area (Å²) >= 11 is 0.999. The minimum absolute atomic E-state index is 0.181. The molecule has 0 aliphatic carbocycles. The molecule has 3 aromatic heterocycles. The molecular formula is C17H20N6O4S. The molecule has 0 fully saturated rings. The lowest BCUT2D eigenvalue weighted by atomic mass is 10.0. The highest BCUT2D eigenvalue weighted by Gasteiger charge is 2.21. The molecule has 0 aliphatic heterocycles. The van der Waals surface area contributed by atoms with E-state index in [1.165, 1.54) is 7.11 Å². The maximum Gasteiger partial charge on any atom is 0.412 e. The number of fused-ring (bicyclic) bond motifs is 1. The molecule has 0 saturated heterocycles. The minimum atomic E-state index is -0.678. The molecule has 0 saturated carbocycles. The number of methoxy groups -OCH3 is 1. The first kappa shape index (κ1) is 19.5. The number of nitrogens with zero attached hydrogens (tertiary/aromatic N) is 3. The zero-order valence-corrected chi connectivity index (χ0v) is 16.9. The summed E-state index contributed by atoms with van der Waals surface area (Å²) in [4.78, 5) is 40.8. The number of pyridine rings is 1. The quantitative estimate of drug-likeness (QED) is 0.607. The number of rotatable bonds is 4. The second-order valence-corrected chi connectivity index (χ2v) is 7.04. The molecule has 0 aromatic carbocycles. The largest absolute Gasteiger partial charge is 0.453 e. The summed E-state index contributed by atoms with van der Waals surface area (Å²) in [5.41, 5.74) is 3.36. The van der Waals surface area contributed by atoms with Crippen molar-refractivity contribution in [3.05, 3.63) is 38.4 Å². The van der Waals surface area contributed by atoms with Crippen molar-refractivity contribution in [2.24, 2.45) is 7.05 Å². The van der Waals surface area contributed by atoms with Gasteiger partial charge in [0.25, 0.3) is 11.5 Å². The second-order valence-electron chi connectivity index (χ2n) is 6.27. The summed E-state index contributed by atoms with van der Waals surface area (Å²) in [6.45, 7) is 5.52. The molecule has 148 valence electrons. The Bertz CT molecular complexity index is 1140. The van der Waals surface area contributed by atoms with E-state index in [-0.39, 0.29) is 17.7 Å². The fraction of sp³-hybridized carbons (Fsp3) is 0.353. The van der Waals surface area contributed by atoms with Crippen LogP contribution in [0.15, 0.2) is 4.79 Å². The molecule has 0 bridgehead atoms. The van der Waals surface area contributed by atoms with Crippen LogP contribution in [0.4, 0.5) is 9.80 Å². The Morgan fingerprint density at radius 1 is 1.25 bits per heavy atom.